The third kappa shape index (κ3) is 3.77. The topological polar surface area (TPSA) is 71.8 Å². The summed E-state index contributed by atoms with van der Waals surface area (Å²) in [4.78, 5) is 16.4. The summed E-state index contributed by atoms with van der Waals surface area (Å²) >= 11 is 7.69. The number of hydrogen-bond donors (Lipinski definition) is 1. The highest BCUT2D eigenvalue weighted by molar-refractivity contribution is 7.98. The summed E-state index contributed by atoms with van der Waals surface area (Å²) < 4.78 is 5.30. The second-order valence-corrected chi connectivity index (χ2v) is 7.66. The van der Waals surface area contributed by atoms with Crippen LogP contribution in [0.4, 0.5) is 0 Å². The lowest BCUT2D eigenvalue weighted by Crippen LogP contribution is -2.00. The van der Waals surface area contributed by atoms with E-state index in [0.29, 0.717) is 27.3 Å². The van der Waals surface area contributed by atoms with Gasteiger partial charge in [0.25, 0.3) is 0 Å². The monoisotopic (exact) mass is 397 g/mol. The summed E-state index contributed by atoms with van der Waals surface area (Å²) in [6.45, 7) is 3.92. The van der Waals surface area contributed by atoms with Crippen LogP contribution < -0.4 is 5.63 Å². The van der Waals surface area contributed by atoms with Crippen LogP contribution in [0.25, 0.3) is 22.4 Å². The van der Waals surface area contributed by atoms with Gasteiger partial charge in [0.15, 0.2) is 5.82 Å². The summed E-state index contributed by atoms with van der Waals surface area (Å²) in [5.74, 6) is 1.25. The molecule has 0 atom stereocenters. The molecule has 7 heteroatoms. The molecule has 2 aromatic carbocycles. The normalized spacial score (nSPS) is 11.2. The Morgan fingerprint density at radius 3 is 2.70 bits per heavy atom. The second-order valence-electron chi connectivity index (χ2n) is 6.31. The average Bonchev–Trinajstić information content (AvgIpc) is 3.11. The molecular weight excluding hydrogens is 382 g/mol. The zero-order valence-electron chi connectivity index (χ0n) is 14.7. The highest BCUT2D eigenvalue weighted by Crippen LogP contribution is 2.29. The second kappa shape index (κ2) is 7.21. The van der Waals surface area contributed by atoms with E-state index in [4.69, 9.17) is 16.0 Å². The third-order valence-corrected chi connectivity index (χ3v) is 5.56. The van der Waals surface area contributed by atoms with Crippen LogP contribution in [0.15, 0.2) is 56.8 Å². The van der Waals surface area contributed by atoms with Crippen molar-refractivity contribution in [3.8, 4) is 11.4 Å². The molecule has 0 amide bonds. The first-order valence-corrected chi connectivity index (χ1v) is 9.71. The highest BCUT2D eigenvalue weighted by Gasteiger charge is 2.11. The number of rotatable bonds is 4. The van der Waals surface area contributed by atoms with Gasteiger partial charge in [-0.2, -0.15) is 0 Å². The summed E-state index contributed by atoms with van der Waals surface area (Å²) in [6.07, 6.45) is 0. The number of nitrogens with one attached hydrogen (secondary N) is 1. The molecule has 0 aliphatic carbocycles. The van der Waals surface area contributed by atoms with Crippen LogP contribution in [0.1, 0.15) is 16.7 Å². The molecule has 0 fully saturated rings. The molecule has 27 heavy (non-hydrogen) atoms. The summed E-state index contributed by atoms with van der Waals surface area (Å²) in [5, 5.41) is 9.31. The maximum atomic E-state index is 11.9. The van der Waals surface area contributed by atoms with Crippen molar-refractivity contribution in [3.05, 3.63) is 74.6 Å². The number of aromatic amines is 1. The van der Waals surface area contributed by atoms with Crippen molar-refractivity contribution >= 4 is 34.3 Å². The van der Waals surface area contributed by atoms with E-state index < -0.39 is 0 Å². The van der Waals surface area contributed by atoms with Crippen molar-refractivity contribution < 1.29 is 4.42 Å². The van der Waals surface area contributed by atoms with Gasteiger partial charge in [0.2, 0.25) is 5.16 Å². The molecule has 0 radical (unpaired) electrons. The van der Waals surface area contributed by atoms with Gasteiger partial charge in [-0.25, -0.2) is 9.78 Å². The van der Waals surface area contributed by atoms with E-state index in [9.17, 15) is 4.79 Å². The molecule has 0 aliphatic rings. The summed E-state index contributed by atoms with van der Waals surface area (Å²) in [5.41, 5.74) is 4.04. The Morgan fingerprint density at radius 2 is 1.93 bits per heavy atom. The SMILES string of the molecule is Cc1ccc(-c2nc(SCc3cc(=O)oc4cc(C)c(Cl)cc34)n[nH]2)cc1. The van der Waals surface area contributed by atoms with Crippen LogP contribution in [0.2, 0.25) is 5.02 Å². The summed E-state index contributed by atoms with van der Waals surface area (Å²) in [7, 11) is 0. The fraction of sp³-hybridized carbons (Fsp3) is 0.150. The van der Waals surface area contributed by atoms with Gasteiger partial charge < -0.3 is 4.42 Å². The first-order valence-electron chi connectivity index (χ1n) is 8.35. The van der Waals surface area contributed by atoms with Gasteiger partial charge in [-0.1, -0.05) is 53.2 Å². The molecule has 5 nitrogen and oxygen atoms in total. The molecule has 0 saturated carbocycles. The standard InChI is InChI=1S/C20H16ClN3O2S/c1-11-3-5-13(6-4-11)19-22-20(24-23-19)27-10-14-8-18(25)26-17-7-12(2)16(21)9-15(14)17/h3-9H,10H2,1-2H3,(H,22,23,24). The van der Waals surface area contributed by atoms with Crippen molar-refractivity contribution in [2.75, 3.05) is 0 Å². The maximum Gasteiger partial charge on any atom is 0.336 e. The van der Waals surface area contributed by atoms with Crippen molar-refractivity contribution in [1.82, 2.24) is 15.2 Å². The average molecular weight is 398 g/mol. The zero-order chi connectivity index (χ0) is 19.0. The van der Waals surface area contributed by atoms with Crippen molar-refractivity contribution in [1.29, 1.82) is 0 Å². The van der Waals surface area contributed by atoms with Crippen LogP contribution >= 0.6 is 23.4 Å². The van der Waals surface area contributed by atoms with Crippen molar-refractivity contribution in [2.45, 2.75) is 24.8 Å². The molecule has 0 saturated heterocycles. The third-order valence-electron chi connectivity index (χ3n) is 4.26. The lowest BCUT2D eigenvalue weighted by Gasteiger charge is -2.06. The van der Waals surface area contributed by atoms with Gasteiger partial charge in [0.05, 0.1) is 0 Å². The Labute approximate surface area is 164 Å². The van der Waals surface area contributed by atoms with Crippen LogP contribution in [0.5, 0.6) is 0 Å². The Balaban J connectivity index is 1.60. The molecule has 2 aromatic heterocycles. The molecule has 0 unspecified atom stereocenters. The van der Waals surface area contributed by atoms with E-state index in [1.54, 1.807) is 6.07 Å². The molecule has 136 valence electrons. The first-order chi connectivity index (χ1) is 13.0. The van der Waals surface area contributed by atoms with E-state index in [-0.39, 0.29) is 5.63 Å². The predicted octanol–water partition coefficient (Wildman–Crippen LogP) is 5.14. The Hall–Kier alpha value is -2.57. The number of aryl methyl sites for hydroxylation is 2. The van der Waals surface area contributed by atoms with Crippen LogP contribution in [0.3, 0.4) is 0 Å². The van der Waals surface area contributed by atoms with Gasteiger partial charge >= 0.3 is 5.63 Å². The first kappa shape index (κ1) is 17.8. The minimum absolute atomic E-state index is 0.379. The minimum Gasteiger partial charge on any atom is -0.423 e. The summed E-state index contributed by atoms with van der Waals surface area (Å²) in [6, 6.07) is 13.2. The number of H-pyrrole nitrogens is 1. The Morgan fingerprint density at radius 1 is 1.15 bits per heavy atom. The molecule has 0 spiro atoms. The fourth-order valence-corrected chi connectivity index (χ4v) is 3.71. The zero-order valence-corrected chi connectivity index (χ0v) is 16.3. The van der Waals surface area contributed by atoms with Gasteiger partial charge in [0.1, 0.15) is 5.58 Å². The maximum absolute atomic E-state index is 11.9. The van der Waals surface area contributed by atoms with Crippen molar-refractivity contribution in [3.63, 3.8) is 0 Å². The van der Waals surface area contributed by atoms with Crippen molar-refractivity contribution in [2.24, 2.45) is 0 Å². The minimum atomic E-state index is -0.379. The predicted molar refractivity (Wildman–Crippen MR) is 108 cm³/mol. The lowest BCUT2D eigenvalue weighted by molar-refractivity contribution is 0.559. The number of halogens is 1. The molecular formula is C20H16ClN3O2S. The molecule has 2 heterocycles. The Kier molecular flexibility index (Phi) is 4.76. The van der Waals surface area contributed by atoms with Gasteiger partial charge in [0, 0.05) is 27.8 Å². The molecule has 0 bridgehead atoms. The lowest BCUT2D eigenvalue weighted by atomic mass is 10.1. The molecule has 4 aromatic rings. The quantitative estimate of drug-likeness (QED) is 0.381. The van der Waals surface area contributed by atoms with Gasteiger partial charge in [-0.3, -0.25) is 5.10 Å². The number of benzene rings is 2. The number of hydrogen-bond acceptors (Lipinski definition) is 5. The van der Waals surface area contributed by atoms with Crippen LogP contribution in [-0.2, 0) is 5.75 Å². The molecule has 0 aliphatic heterocycles. The van der Waals surface area contributed by atoms with E-state index >= 15 is 0 Å². The largest absolute Gasteiger partial charge is 0.423 e. The number of nitrogens with zero attached hydrogens (tertiary/aromatic N) is 2. The van der Waals surface area contributed by atoms with Gasteiger partial charge in [-0.15, -0.1) is 5.10 Å². The number of fused-ring (bicyclic) bond motifs is 1. The van der Waals surface area contributed by atoms with E-state index in [1.165, 1.54) is 23.4 Å². The van der Waals surface area contributed by atoms with E-state index in [2.05, 4.69) is 15.2 Å². The Bertz CT molecular complexity index is 1180. The van der Waals surface area contributed by atoms with E-state index in [1.807, 2.05) is 44.2 Å². The fourth-order valence-electron chi connectivity index (χ4n) is 2.76. The highest BCUT2D eigenvalue weighted by atomic mass is 35.5. The van der Waals surface area contributed by atoms with Gasteiger partial charge in [-0.05, 0) is 37.1 Å². The molecule has 1 N–H and O–H groups in total. The van der Waals surface area contributed by atoms with E-state index in [0.717, 1.165) is 22.1 Å². The number of aromatic nitrogens is 3. The smallest absolute Gasteiger partial charge is 0.336 e. The van der Waals surface area contributed by atoms with Crippen LogP contribution in [0, 0.1) is 13.8 Å². The molecule has 4 rings (SSSR count). The van der Waals surface area contributed by atoms with Crippen LogP contribution in [-0.4, -0.2) is 15.2 Å². The number of thioether (sulfide) groups is 1.